The third-order valence-electron chi connectivity index (χ3n) is 2.41. The molecule has 0 unspecified atom stereocenters. The van der Waals surface area contributed by atoms with Gasteiger partial charge in [-0.2, -0.15) is 0 Å². The van der Waals surface area contributed by atoms with Crippen molar-refractivity contribution in [1.29, 1.82) is 5.41 Å². The summed E-state index contributed by atoms with van der Waals surface area (Å²) in [5, 5.41) is 8.07. The van der Waals surface area contributed by atoms with Gasteiger partial charge >= 0.3 is 0 Å². The van der Waals surface area contributed by atoms with Crippen LogP contribution in [0.5, 0.6) is 0 Å². The van der Waals surface area contributed by atoms with Crippen LogP contribution in [0.1, 0.15) is 17.0 Å². The van der Waals surface area contributed by atoms with Crippen LogP contribution in [0.4, 0.5) is 0 Å². The molecule has 3 nitrogen and oxygen atoms in total. The number of pyridine rings is 1. The maximum Gasteiger partial charge on any atom is 0.141 e. The minimum Gasteiger partial charge on any atom is -0.382 e. The fourth-order valence-corrected chi connectivity index (χ4v) is 1.77. The Balaban J connectivity index is 0.00000162. The van der Waals surface area contributed by atoms with Gasteiger partial charge in [0.05, 0.1) is 0 Å². The first-order valence-corrected chi connectivity index (χ1v) is 5.58. The molecule has 0 atom stereocenters. The number of benzene rings is 1. The van der Waals surface area contributed by atoms with Gasteiger partial charge in [-0.05, 0) is 23.8 Å². The Bertz CT molecular complexity index is 555. The van der Waals surface area contributed by atoms with Crippen molar-refractivity contribution in [3.8, 4) is 0 Å². The summed E-state index contributed by atoms with van der Waals surface area (Å²) in [6.07, 6.45) is 0.640. The molecule has 18 heavy (non-hydrogen) atoms. The highest BCUT2D eigenvalue weighted by molar-refractivity contribution is 6.31. The summed E-state index contributed by atoms with van der Waals surface area (Å²) in [6, 6.07) is 13.1. The van der Waals surface area contributed by atoms with E-state index in [4.69, 9.17) is 22.7 Å². The molecule has 2 aromatic rings. The van der Waals surface area contributed by atoms with Crippen molar-refractivity contribution in [1.82, 2.24) is 4.98 Å². The number of amidine groups is 1. The lowest BCUT2D eigenvalue weighted by molar-refractivity contribution is 1.06. The molecule has 0 saturated carbocycles. The van der Waals surface area contributed by atoms with E-state index in [1.807, 2.05) is 36.4 Å². The highest BCUT2D eigenvalue weighted by Gasteiger charge is 2.04. The van der Waals surface area contributed by atoms with Gasteiger partial charge in [0, 0.05) is 17.1 Å². The van der Waals surface area contributed by atoms with Gasteiger partial charge in [-0.25, -0.2) is 4.98 Å². The molecule has 1 heterocycles. The molecule has 94 valence electrons. The number of nitrogens with two attached hydrogens (primary N) is 1. The third-order valence-corrected chi connectivity index (χ3v) is 2.78. The van der Waals surface area contributed by atoms with E-state index in [2.05, 4.69) is 4.98 Å². The van der Waals surface area contributed by atoms with E-state index in [0.717, 1.165) is 16.3 Å². The number of halogens is 2. The van der Waals surface area contributed by atoms with Crippen molar-refractivity contribution in [3.05, 3.63) is 64.4 Å². The van der Waals surface area contributed by atoms with Crippen molar-refractivity contribution in [2.45, 2.75) is 6.42 Å². The van der Waals surface area contributed by atoms with E-state index >= 15 is 0 Å². The van der Waals surface area contributed by atoms with Crippen LogP contribution >= 0.6 is 24.0 Å². The van der Waals surface area contributed by atoms with Gasteiger partial charge < -0.3 is 5.73 Å². The van der Waals surface area contributed by atoms with Gasteiger partial charge in [-0.1, -0.05) is 35.9 Å². The zero-order chi connectivity index (χ0) is 12.3. The van der Waals surface area contributed by atoms with E-state index in [1.54, 1.807) is 6.07 Å². The first-order chi connectivity index (χ1) is 8.16. The van der Waals surface area contributed by atoms with Crippen molar-refractivity contribution in [2.75, 3.05) is 0 Å². The lowest BCUT2D eigenvalue weighted by Crippen LogP contribution is -2.13. The van der Waals surface area contributed by atoms with E-state index in [-0.39, 0.29) is 18.2 Å². The van der Waals surface area contributed by atoms with Gasteiger partial charge in [-0.3, -0.25) is 5.41 Å². The number of nitrogens with one attached hydrogen (secondary N) is 1. The first-order valence-electron chi connectivity index (χ1n) is 5.20. The quantitative estimate of drug-likeness (QED) is 0.671. The smallest absolute Gasteiger partial charge is 0.141 e. The number of hydrogen-bond donors (Lipinski definition) is 2. The Morgan fingerprint density at radius 1 is 1.17 bits per heavy atom. The van der Waals surface area contributed by atoms with E-state index in [0.29, 0.717) is 12.1 Å². The lowest BCUT2D eigenvalue weighted by atomic mass is 10.1. The molecule has 0 aliphatic heterocycles. The molecule has 0 bridgehead atoms. The predicted octanol–water partition coefficient (Wildman–Crippen LogP) is 3.03. The van der Waals surface area contributed by atoms with Crippen molar-refractivity contribution >= 4 is 29.8 Å². The molecular formula is C13H13Cl2N3. The predicted molar refractivity (Wildman–Crippen MR) is 76.8 cm³/mol. The zero-order valence-corrected chi connectivity index (χ0v) is 11.1. The molecule has 0 fully saturated rings. The van der Waals surface area contributed by atoms with Crippen molar-refractivity contribution in [3.63, 3.8) is 0 Å². The first kappa shape index (κ1) is 14.5. The summed E-state index contributed by atoms with van der Waals surface area (Å²) >= 11 is 6.08. The summed E-state index contributed by atoms with van der Waals surface area (Å²) < 4.78 is 0. The molecule has 0 aliphatic rings. The van der Waals surface area contributed by atoms with Crippen LogP contribution in [-0.4, -0.2) is 10.8 Å². The van der Waals surface area contributed by atoms with E-state index < -0.39 is 0 Å². The molecule has 0 aliphatic carbocycles. The fourth-order valence-electron chi connectivity index (χ4n) is 1.56. The molecule has 1 aromatic carbocycles. The molecule has 0 radical (unpaired) electrons. The van der Waals surface area contributed by atoms with Gasteiger partial charge in [0.25, 0.3) is 0 Å². The van der Waals surface area contributed by atoms with E-state index in [1.165, 1.54) is 0 Å². The largest absolute Gasteiger partial charge is 0.382 e. The van der Waals surface area contributed by atoms with Crippen LogP contribution < -0.4 is 5.73 Å². The third kappa shape index (κ3) is 3.45. The minimum absolute atomic E-state index is 0. The van der Waals surface area contributed by atoms with Crippen LogP contribution in [0.15, 0.2) is 42.5 Å². The summed E-state index contributed by atoms with van der Waals surface area (Å²) in [6.45, 7) is 0. The number of aromatic nitrogens is 1. The van der Waals surface area contributed by atoms with Crippen LogP contribution in [-0.2, 0) is 6.42 Å². The molecule has 5 heteroatoms. The second-order valence-corrected chi connectivity index (χ2v) is 4.10. The Morgan fingerprint density at radius 2 is 1.89 bits per heavy atom. The van der Waals surface area contributed by atoms with Crippen LogP contribution in [0.25, 0.3) is 0 Å². The van der Waals surface area contributed by atoms with E-state index in [9.17, 15) is 0 Å². The number of nitrogen functional groups attached to an aromatic ring is 1. The minimum atomic E-state index is -0.0222. The summed E-state index contributed by atoms with van der Waals surface area (Å²) in [5.41, 5.74) is 7.76. The highest BCUT2D eigenvalue weighted by atomic mass is 35.5. The number of nitrogens with zero attached hydrogens (tertiary/aromatic N) is 1. The highest BCUT2D eigenvalue weighted by Crippen LogP contribution is 2.18. The van der Waals surface area contributed by atoms with Crippen molar-refractivity contribution in [2.24, 2.45) is 5.73 Å². The Hall–Kier alpha value is -1.58. The normalized spacial score (nSPS) is 9.61. The van der Waals surface area contributed by atoms with Gasteiger partial charge in [-0.15, -0.1) is 12.4 Å². The van der Waals surface area contributed by atoms with Crippen LogP contribution in [0, 0.1) is 5.41 Å². The standard InChI is InChI=1S/C13H12ClN3.ClH/c14-11-6-2-1-4-9(11)8-10-5-3-7-12(17-10)13(15)16;/h1-7H,8H2,(H3,15,16);1H. The summed E-state index contributed by atoms with van der Waals surface area (Å²) in [5.74, 6) is -0.0222. The van der Waals surface area contributed by atoms with Crippen molar-refractivity contribution < 1.29 is 0 Å². The number of rotatable bonds is 3. The average molecular weight is 282 g/mol. The van der Waals surface area contributed by atoms with Gasteiger partial charge in [0.1, 0.15) is 11.5 Å². The second-order valence-electron chi connectivity index (χ2n) is 3.70. The van der Waals surface area contributed by atoms with Crippen LogP contribution in [0.2, 0.25) is 5.02 Å². The topological polar surface area (TPSA) is 62.8 Å². The molecule has 0 saturated heterocycles. The maximum atomic E-state index is 7.34. The SMILES string of the molecule is Cl.N=C(N)c1cccc(Cc2ccccc2Cl)n1. The van der Waals surface area contributed by atoms with Crippen LogP contribution in [0.3, 0.4) is 0 Å². The van der Waals surface area contributed by atoms with Gasteiger partial charge in [0.2, 0.25) is 0 Å². The number of hydrogen-bond acceptors (Lipinski definition) is 2. The molecule has 3 N–H and O–H groups in total. The average Bonchev–Trinajstić information content (AvgIpc) is 2.32. The molecular weight excluding hydrogens is 269 g/mol. The molecule has 1 aromatic heterocycles. The Morgan fingerprint density at radius 3 is 2.56 bits per heavy atom. The molecule has 2 rings (SSSR count). The Kier molecular flexibility index (Phi) is 5.13. The molecule has 0 amide bonds. The zero-order valence-electron chi connectivity index (χ0n) is 9.56. The monoisotopic (exact) mass is 281 g/mol. The maximum absolute atomic E-state index is 7.34. The molecule has 0 spiro atoms. The van der Waals surface area contributed by atoms with Gasteiger partial charge in [0.15, 0.2) is 0 Å². The second kappa shape index (κ2) is 6.38. The Labute approximate surface area is 117 Å². The fraction of sp³-hybridized carbons (Fsp3) is 0.0769. The summed E-state index contributed by atoms with van der Waals surface area (Å²) in [7, 11) is 0. The summed E-state index contributed by atoms with van der Waals surface area (Å²) in [4.78, 5) is 4.30. The lowest BCUT2D eigenvalue weighted by Gasteiger charge is -2.05.